The molecule has 1 N–H and O–H groups in total. The largest absolute Gasteiger partial charge is 0.349 e. The first kappa shape index (κ1) is 14.0. The molecule has 1 aliphatic carbocycles. The van der Waals surface area contributed by atoms with Gasteiger partial charge in [-0.15, -0.1) is 0 Å². The van der Waals surface area contributed by atoms with Gasteiger partial charge in [0.05, 0.1) is 11.3 Å². The summed E-state index contributed by atoms with van der Waals surface area (Å²) in [6.07, 6.45) is 6.27. The van der Waals surface area contributed by atoms with Crippen molar-refractivity contribution >= 4 is 16.9 Å². The van der Waals surface area contributed by atoms with Crippen molar-refractivity contribution in [3.05, 3.63) is 35.7 Å². The van der Waals surface area contributed by atoms with Crippen LogP contribution in [0.25, 0.3) is 11.0 Å². The lowest BCUT2D eigenvalue weighted by Gasteiger charge is -2.27. The zero-order valence-corrected chi connectivity index (χ0v) is 12.6. The molecule has 0 aliphatic heterocycles. The third kappa shape index (κ3) is 3.04. The third-order valence-electron chi connectivity index (χ3n) is 4.38. The van der Waals surface area contributed by atoms with E-state index in [4.69, 9.17) is 0 Å². The summed E-state index contributed by atoms with van der Waals surface area (Å²) in [6.45, 7) is 4.15. The maximum absolute atomic E-state index is 12.5. The highest BCUT2D eigenvalue weighted by atomic mass is 16.1. The molecule has 1 amide bonds. The van der Waals surface area contributed by atoms with Crippen molar-refractivity contribution in [3.8, 4) is 0 Å². The molecule has 2 aromatic heterocycles. The number of fused-ring (bicyclic) bond motifs is 1. The smallest absolute Gasteiger partial charge is 0.253 e. The van der Waals surface area contributed by atoms with Crippen LogP contribution in [0.2, 0.25) is 0 Å². The topological polar surface area (TPSA) is 54.9 Å². The fourth-order valence-electron chi connectivity index (χ4n) is 2.99. The second kappa shape index (κ2) is 5.80. The maximum Gasteiger partial charge on any atom is 0.253 e. The number of carbonyl (C=O) groups is 1. The Morgan fingerprint density at radius 3 is 2.81 bits per heavy atom. The van der Waals surface area contributed by atoms with Gasteiger partial charge in [-0.2, -0.15) is 0 Å². The highest BCUT2D eigenvalue weighted by Gasteiger charge is 2.21. The van der Waals surface area contributed by atoms with Gasteiger partial charge in [0.25, 0.3) is 5.91 Å². The normalized spacial score (nSPS) is 22.2. The molecule has 21 heavy (non-hydrogen) atoms. The summed E-state index contributed by atoms with van der Waals surface area (Å²) in [4.78, 5) is 21.1. The van der Waals surface area contributed by atoms with E-state index in [-0.39, 0.29) is 5.91 Å². The van der Waals surface area contributed by atoms with Crippen molar-refractivity contribution in [1.29, 1.82) is 0 Å². The second-order valence-corrected chi connectivity index (χ2v) is 6.10. The Morgan fingerprint density at radius 2 is 2.05 bits per heavy atom. The van der Waals surface area contributed by atoms with Gasteiger partial charge in [-0.3, -0.25) is 4.79 Å². The van der Waals surface area contributed by atoms with Crippen molar-refractivity contribution in [3.63, 3.8) is 0 Å². The summed E-state index contributed by atoms with van der Waals surface area (Å²) in [5, 5.41) is 4.07. The number of amides is 1. The Labute approximate surface area is 125 Å². The molecule has 0 atom stereocenters. The molecule has 1 aliphatic rings. The van der Waals surface area contributed by atoms with E-state index >= 15 is 0 Å². The van der Waals surface area contributed by atoms with Gasteiger partial charge in [0, 0.05) is 17.6 Å². The molecule has 1 fully saturated rings. The predicted octanol–water partition coefficient (Wildman–Crippen LogP) is 3.25. The van der Waals surface area contributed by atoms with Gasteiger partial charge in [-0.25, -0.2) is 9.97 Å². The minimum atomic E-state index is -0.00898. The molecule has 0 spiro atoms. The van der Waals surface area contributed by atoms with Crippen molar-refractivity contribution in [2.24, 2.45) is 5.92 Å². The quantitative estimate of drug-likeness (QED) is 0.920. The van der Waals surface area contributed by atoms with Gasteiger partial charge >= 0.3 is 0 Å². The van der Waals surface area contributed by atoms with Crippen molar-refractivity contribution in [2.75, 3.05) is 0 Å². The first-order valence-electron chi connectivity index (χ1n) is 7.66. The van der Waals surface area contributed by atoms with E-state index in [1.165, 1.54) is 12.8 Å². The summed E-state index contributed by atoms with van der Waals surface area (Å²) in [5.41, 5.74) is 2.09. The van der Waals surface area contributed by atoms with E-state index in [0.717, 1.165) is 29.8 Å². The third-order valence-corrected chi connectivity index (χ3v) is 4.38. The van der Waals surface area contributed by atoms with Crippen LogP contribution in [0.15, 0.2) is 24.4 Å². The van der Waals surface area contributed by atoms with Gasteiger partial charge in [0.2, 0.25) is 0 Å². The van der Waals surface area contributed by atoms with Crippen molar-refractivity contribution in [2.45, 2.75) is 45.6 Å². The standard InChI is InChI=1S/C17H21N3O/c1-11-5-7-14(8-6-11)20-17(21)15-10-13-4-3-9-18-16(13)19-12(15)2/h3-4,9-11,14H,5-8H2,1-2H3,(H,20,21). The monoisotopic (exact) mass is 283 g/mol. The lowest BCUT2D eigenvalue weighted by molar-refractivity contribution is 0.0922. The molecule has 0 radical (unpaired) electrons. The number of hydrogen-bond donors (Lipinski definition) is 1. The number of nitrogens with zero attached hydrogens (tertiary/aromatic N) is 2. The molecule has 3 rings (SSSR count). The zero-order chi connectivity index (χ0) is 14.8. The number of aryl methyl sites for hydroxylation is 1. The second-order valence-electron chi connectivity index (χ2n) is 6.10. The van der Waals surface area contributed by atoms with E-state index in [2.05, 4.69) is 22.2 Å². The predicted molar refractivity (Wildman–Crippen MR) is 83.2 cm³/mol. The fraction of sp³-hybridized carbons (Fsp3) is 0.471. The summed E-state index contributed by atoms with van der Waals surface area (Å²) in [7, 11) is 0. The molecular formula is C17H21N3O. The molecule has 1 saturated carbocycles. The molecular weight excluding hydrogens is 262 g/mol. The Morgan fingerprint density at radius 1 is 1.29 bits per heavy atom. The van der Waals surface area contributed by atoms with Crippen LogP contribution in [0.4, 0.5) is 0 Å². The summed E-state index contributed by atoms with van der Waals surface area (Å²) in [5.74, 6) is 0.776. The van der Waals surface area contributed by atoms with E-state index in [1.54, 1.807) is 6.20 Å². The molecule has 4 nitrogen and oxygen atoms in total. The van der Waals surface area contributed by atoms with Crippen LogP contribution in [-0.2, 0) is 0 Å². The average Bonchev–Trinajstić information content (AvgIpc) is 2.49. The minimum absolute atomic E-state index is 0.00898. The molecule has 0 saturated heterocycles. The zero-order valence-electron chi connectivity index (χ0n) is 12.6. The number of aromatic nitrogens is 2. The van der Waals surface area contributed by atoms with E-state index < -0.39 is 0 Å². The highest BCUT2D eigenvalue weighted by Crippen LogP contribution is 2.24. The minimum Gasteiger partial charge on any atom is -0.349 e. The van der Waals surface area contributed by atoms with Gasteiger partial charge in [-0.1, -0.05) is 6.92 Å². The van der Waals surface area contributed by atoms with E-state index in [1.807, 2.05) is 25.1 Å². The Kier molecular flexibility index (Phi) is 3.86. The Balaban J connectivity index is 1.79. The van der Waals surface area contributed by atoms with E-state index in [0.29, 0.717) is 17.3 Å². The lowest BCUT2D eigenvalue weighted by Crippen LogP contribution is -2.37. The van der Waals surface area contributed by atoms with Gasteiger partial charge < -0.3 is 5.32 Å². The summed E-state index contributed by atoms with van der Waals surface area (Å²) < 4.78 is 0. The number of pyridine rings is 2. The summed E-state index contributed by atoms with van der Waals surface area (Å²) in [6, 6.07) is 6.00. The van der Waals surface area contributed by atoms with Crippen LogP contribution in [0.1, 0.15) is 48.7 Å². The van der Waals surface area contributed by atoms with Crippen LogP contribution < -0.4 is 5.32 Å². The molecule has 0 unspecified atom stereocenters. The molecule has 4 heteroatoms. The molecule has 0 bridgehead atoms. The van der Waals surface area contributed by atoms with Crippen LogP contribution in [-0.4, -0.2) is 21.9 Å². The van der Waals surface area contributed by atoms with Crippen molar-refractivity contribution < 1.29 is 4.79 Å². The maximum atomic E-state index is 12.5. The number of carbonyl (C=O) groups excluding carboxylic acids is 1. The Bertz CT molecular complexity index is 660. The molecule has 110 valence electrons. The van der Waals surface area contributed by atoms with Gasteiger partial charge in [0.15, 0.2) is 5.65 Å². The average molecular weight is 283 g/mol. The van der Waals surface area contributed by atoms with Gasteiger partial charge in [-0.05, 0) is 56.7 Å². The number of rotatable bonds is 2. The molecule has 2 heterocycles. The van der Waals surface area contributed by atoms with Crippen molar-refractivity contribution in [1.82, 2.24) is 15.3 Å². The van der Waals surface area contributed by atoms with Crippen LogP contribution in [0, 0.1) is 12.8 Å². The first-order valence-corrected chi connectivity index (χ1v) is 7.66. The summed E-state index contributed by atoms with van der Waals surface area (Å²) >= 11 is 0. The van der Waals surface area contributed by atoms with E-state index in [9.17, 15) is 4.79 Å². The highest BCUT2D eigenvalue weighted by molar-refractivity contribution is 5.98. The molecule has 2 aromatic rings. The Hall–Kier alpha value is -1.97. The SMILES string of the molecule is Cc1nc2ncccc2cc1C(=O)NC1CCC(C)CC1. The fourth-order valence-corrected chi connectivity index (χ4v) is 2.99. The first-order chi connectivity index (χ1) is 10.1. The van der Waals surface area contributed by atoms with Crippen LogP contribution in [0.5, 0.6) is 0 Å². The lowest BCUT2D eigenvalue weighted by atomic mass is 9.87. The molecule has 0 aromatic carbocycles. The number of nitrogens with one attached hydrogen (secondary N) is 1. The van der Waals surface area contributed by atoms with Crippen LogP contribution in [0.3, 0.4) is 0 Å². The van der Waals surface area contributed by atoms with Gasteiger partial charge in [0.1, 0.15) is 0 Å². The van der Waals surface area contributed by atoms with Crippen LogP contribution >= 0.6 is 0 Å². The number of hydrogen-bond acceptors (Lipinski definition) is 3.